The van der Waals surface area contributed by atoms with Gasteiger partial charge >= 0.3 is 5.97 Å². The molecule has 0 aliphatic carbocycles. The number of amides is 2. The zero-order valence-corrected chi connectivity index (χ0v) is 25.6. The minimum absolute atomic E-state index is 0.152. The van der Waals surface area contributed by atoms with E-state index < -0.39 is 30.4 Å². The van der Waals surface area contributed by atoms with E-state index in [-0.39, 0.29) is 18.8 Å². The maximum atomic E-state index is 14.2. The number of nitrogens with zero attached hydrogens (tertiary/aromatic N) is 5. The van der Waals surface area contributed by atoms with Crippen LogP contribution in [-0.4, -0.2) is 81.2 Å². The average molecular weight is 619 g/mol. The molecule has 1 unspecified atom stereocenters. The number of piperazine rings is 1. The van der Waals surface area contributed by atoms with Crippen molar-refractivity contribution in [3.05, 3.63) is 103 Å². The van der Waals surface area contributed by atoms with Gasteiger partial charge in [0, 0.05) is 42.8 Å². The summed E-state index contributed by atoms with van der Waals surface area (Å²) < 4.78 is 7.57. The number of hydrogen-bond acceptors (Lipinski definition) is 7. The summed E-state index contributed by atoms with van der Waals surface area (Å²) in [5, 5.41) is 12.6. The zero-order valence-electron chi connectivity index (χ0n) is 25.6. The number of para-hydroxylation sites is 1. The van der Waals surface area contributed by atoms with Crippen LogP contribution in [0.3, 0.4) is 0 Å². The second-order valence-corrected chi connectivity index (χ2v) is 11.1. The van der Waals surface area contributed by atoms with Gasteiger partial charge in [0.25, 0.3) is 5.91 Å². The second kappa shape index (κ2) is 13.1. The van der Waals surface area contributed by atoms with Crippen LogP contribution in [0, 0.1) is 6.92 Å². The second-order valence-electron chi connectivity index (χ2n) is 11.1. The van der Waals surface area contributed by atoms with Crippen molar-refractivity contribution in [2.75, 3.05) is 37.7 Å². The van der Waals surface area contributed by atoms with E-state index in [1.165, 1.54) is 4.90 Å². The van der Waals surface area contributed by atoms with E-state index in [1.54, 1.807) is 12.4 Å². The molecule has 46 heavy (non-hydrogen) atoms. The van der Waals surface area contributed by atoms with Gasteiger partial charge in [-0.05, 0) is 38.1 Å². The lowest BCUT2D eigenvalue weighted by molar-refractivity contribution is -0.138. The molecular formula is C35H34N6O5. The minimum atomic E-state index is -1.17. The van der Waals surface area contributed by atoms with Crippen LogP contribution >= 0.6 is 0 Å². The molecule has 2 N–H and O–H groups in total. The first-order valence-electron chi connectivity index (χ1n) is 15.1. The number of rotatable bonds is 9. The third-order valence-corrected chi connectivity index (χ3v) is 7.94. The summed E-state index contributed by atoms with van der Waals surface area (Å²) in [7, 11) is 0. The van der Waals surface area contributed by atoms with Gasteiger partial charge in [0.05, 0.1) is 29.7 Å². The number of carbonyl (C=O) groups excluding carboxylic acids is 2. The Hall–Kier alpha value is -5.71. The lowest BCUT2D eigenvalue weighted by Crippen LogP contribution is -2.61. The first kappa shape index (κ1) is 30.3. The molecule has 1 saturated heterocycles. The van der Waals surface area contributed by atoms with Crippen molar-refractivity contribution in [1.29, 1.82) is 0 Å². The number of anilines is 1. The SMILES string of the molecule is CCOc1cccc(-n2cc(C(=O)N3CCN(c4cnc5ccccc5c4)CC3C(=O)NCC(=O)O)nc2-c2ccc(C)cc2)c1. The van der Waals surface area contributed by atoms with Crippen LogP contribution in [0.4, 0.5) is 5.69 Å². The molecule has 0 saturated carbocycles. The highest BCUT2D eigenvalue weighted by molar-refractivity contribution is 5.98. The van der Waals surface area contributed by atoms with Crippen molar-refractivity contribution in [1.82, 2.24) is 24.8 Å². The molecular weight excluding hydrogens is 584 g/mol. The number of ether oxygens (including phenoxy) is 1. The van der Waals surface area contributed by atoms with Gasteiger partial charge in [0.1, 0.15) is 29.9 Å². The van der Waals surface area contributed by atoms with Crippen molar-refractivity contribution in [3.63, 3.8) is 0 Å². The molecule has 1 aliphatic rings. The maximum Gasteiger partial charge on any atom is 0.322 e. The summed E-state index contributed by atoms with van der Waals surface area (Å²) in [6.45, 7) is 4.67. The first-order chi connectivity index (χ1) is 22.3. The molecule has 5 aromatic rings. The van der Waals surface area contributed by atoms with Crippen LogP contribution in [0.1, 0.15) is 23.0 Å². The monoisotopic (exact) mass is 618 g/mol. The molecule has 3 heterocycles. The number of benzene rings is 3. The molecule has 0 radical (unpaired) electrons. The third-order valence-electron chi connectivity index (χ3n) is 7.94. The Morgan fingerprint density at radius 1 is 0.978 bits per heavy atom. The lowest BCUT2D eigenvalue weighted by atomic mass is 10.1. The fraction of sp³-hybridized carbons (Fsp3) is 0.229. The van der Waals surface area contributed by atoms with Gasteiger partial charge < -0.3 is 25.0 Å². The van der Waals surface area contributed by atoms with E-state index in [0.717, 1.165) is 33.4 Å². The number of aryl methyl sites for hydroxylation is 1. The number of nitrogens with one attached hydrogen (secondary N) is 1. The molecule has 2 aromatic heterocycles. The summed E-state index contributed by atoms with van der Waals surface area (Å²) in [5.74, 6) is -0.916. The number of carboxylic acids is 1. The van der Waals surface area contributed by atoms with Crippen molar-refractivity contribution in [2.45, 2.75) is 19.9 Å². The Bertz CT molecular complexity index is 1900. The largest absolute Gasteiger partial charge is 0.494 e. The normalized spacial score (nSPS) is 14.7. The number of aliphatic carboxylic acids is 1. The van der Waals surface area contributed by atoms with Gasteiger partial charge in [-0.1, -0.05) is 54.1 Å². The molecule has 1 aliphatic heterocycles. The van der Waals surface area contributed by atoms with Gasteiger partial charge in [-0.3, -0.25) is 23.9 Å². The highest BCUT2D eigenvalue weighted by Gasteiger charge is 2.37. The Kier molecular flexibility index (Phi) is 8.64. The molecule has 1 atom stereocenters. The standard InChI is InChI=1S/C35H34N6O5/c1-3-46-28-9-6-8-26(18-28)41-21-30(38-33(41)24-13-11-23(2)12-14-24)35(45)40-16-15-39(22-31(40)34(44)37-20-32(42)43)27-17-25-7-4-5-10-29(25)36-19-27/h4-14,17-19,21,31H,3,15-16,20,22H2,1-2H3,(H,37,44)(H,42,43). The number of aromatic nitrogens is 3. The highest BCUT2D eigenvalue weighted by Crippen LogP contribution is 2.28. The van der Waals surface area contributed by atoms with Crippen LogP contribution in [0.25, 0.3) is 28.0 Å². The highest BCUT2D eigenvalue weighted by atomic mass is 16.5. The lowest BCUT2D eigenvalue weighted by Gasteiger charge is -2.41. The van der Waals surface area contributed by atoms with Gasteiger partial charge in [0.15, 0.2) is 0 Å². The number of hydrogen-bond donors (Lipinski definition) is 2. The molecule has 11 nitrogen and oxygen atoms in total. The van der Waals surface area contributed by atoms with Crippen molar-refractivity contribution >= 4 is 34.4 Å². The Morgan fingerprint density at radius 3 is 2.57 bits per heavy atom. The summed E-state index contributed by atoms with van der Waals surface area (Å²) >= 11 is 0. The van der Waals surface area contributed by atoms with E-state index in [0.29, 0.717) is 24.7 Å². The molecule has 2 amide bonds. The molecule has 0 spiro atoms. The molecule has 11 heteroatoms. The predicted octanol–water partition coefficient (Wildman–Crippen LogP) is 4.33. The summed E-state index contributed by atoms with van der Waals surface area (Å²) in [6.07, 6.45) is 3.42. The van der Waals surface area contributed by atoms with Crippen LogP contribution in [0.5, 0.6) is 5.75 Å². The molecule has 3 aromatic carbocycles. The Balaban J connectivity index is 1.35. The van der Waals surface area contributed by atoms with Gasteiger partial charge in [-0.25, -0.2) is 4.98 Å². The van der Waals surface area contributed by atoms with E-state index >= 15 is 0 Å². The summed E-state index contributed by atoms with van der Waals surface area (Å²) in [4.78, 5) is 51.8. The van der Waals surface area contributed by atoms with Crippen molar-refractivity contribution in [3.8, 4) is 22.8 Å². The van der Waals surface area contributed by atoms with Crippen LogP contribution in [0.2, 0.25) is 0 Å². The molecule has 1 fully saturated rings. The van der Waals surface area contributed by atoms with Crippen LogP contribution < -0.4 is 15.0 Å². The quantitative estimate of drug-likeness (QED) is 0.250. The van der Waals surface area contributed by atoms with Crippen molar-refractivity contribution < 1.29 is 24.2 Å². The maximum absolute atomic E-state index is 14.2. The van der Waals surface area contributed by atoms with E-state index in [2.05, 4.69) is 10.3 Å². The fourth-order valence-corrected chi connectivity index (χ4v) is 5.62. The van der Waals surface area contributed by atoms with Gasteiger partial charge in [0.2, 0.25) is 5.91 Å². The molecule has 0 bridgehead atoms. The smallest absolute Gasteiger partial charge is 0.322 e. The first-order valence-corrected chi connectivity index (χ1v) is 15.1. The van der Waals surface area contributed by atoms with Gasteiger partial charge in [-0.15, -0.1) is 0 Å². The number of fused-ring (bicyclic) bond motifs is 1. The number of carboxylic acid groups (broad SMARTS) is 1. The fourth-order valence-electron chi connectivity index (χ4n) is 5.62. The van der Waals surface area contributed by atoms with Gasteiger partial charge in [-0.2, -0.15) is 0 Å². The average Bonchev–Trinajstić information content (AvgIpc) is 3.53. The number of pyridine rings is 1. The number of imidazole rings is 1. The predicted molar refractivity (Wildman–Crippen MR) is 174 cm³/mol. The Labute approximate surface area is 266 Å². The van der Waals surface area contributed by atoms with E-state index in [4.69, 9.17) is 9.72 Å². The zero-order chi connectivity index (χ0) is 32.2. The minimum Gasteiger partial charge on any atom is -0.494 e. The van der Waals surface area contributed by atoms with Crippen LogP contribution in [0.15, 0.2) is 91.3 Å². The summed E-state index contributed by atoms with van der Waals surface area (Å²) in [5.41, 5.74) is 4.48. The topological polar surface area (TPSA) is 130 Å². The summed E-state index contributed by atoms with van der Waals surface area (Å²) in [6, 6.07) is 24.2. The Morgan fingerprint density at radius 2 is 1.78 bits per heavy atom. The third kappa shape index (κ3) is 6.39. The molecule has 234 valence electrons. The van der Waals surface area contributed by atoms with Crippen molar-refractivity contribution in [2.24, 2.45) is 0 Å². The van der Waals surface area contributed by atoms with Crippen LogP contribution in [-0.2, 0) is 9.59 Å². The number of carbonyl (C=O) groups is 3. The van der Waals surface area contributed by atoms with E-state index in [1.807, 2.05) is 102 Å². The van der Waals surface area contributed by atoms with E-state index in [9.17, 15) is 19.5 Å². The molecule has 6 rings (SSSR count).